The molecule has 0 atom stereocenters. The van der Waals surface area contributed by atoms with Gasteiger partial charge in [-0.15, -0.1) is 0 Å². The van der Waals surface area contributed by atoms with Crippen LogP contribution in [-0.4, -0.2) is 25.5 Å². The molecule has 0 unspecified atom stereocenters. The molecule has 138 valence electrons. The lowest BCUT2D eigenvalue weighted by Crippen LogP contribution is -2.14. The van der Waals surface area contributed by atoms with E-state index in [4.69, 9.17) is 13.9 Å². The van der Waals surface area contributed by atoms with Gasteiger partial charge in [0.25, 0.3) is 0 Å². The standard InChI is InChI=1S/C20H14F2O5/c1-25-18-7-4-13(10-15(18)22)16(23)11-26-20(24)19-9-8-17(27-19)12-2-5-14(21)6-3-12/h2-10H,11H2,1H3. The van der Waals surface area contributed by atoms with E-state index in [9.17, 15) is 18.4 Å². The molecule has 0 N–H and O–H groups in total. The molecule has 0 aliphatic heterocycles. The molecule has 1 heterocycles. The number of hydrogen-bond donors (Lipinski definition) is 0. The molecular weight excluding hydrogens is 358 g/mol. The molecule has 27 heavy (non-hydrogen) atoms. The zero-order chi connectivity index (χ0) is 19.4. The number of carbonyl (C=O) groups is 2. The van der Waals surface area contributed by atoms with Gasteiger partial charge in [-0.1, -0.05) is 0 Å². The van der Waals surface area contributed by atoms with Crippen molar-refractivity contribution in [2.45, 2.75) is 0 Å². The maximum Gasteiger partial charge on any atom is 0.374 e. The van der Waals surface area contributed by atoms with Gasteiger partial charge < -0.3 is 13.9 Å². The van der Waals surface area contributed by atoms with Crippen LogP contribution in [0.2, 0.25) is 0 Å². The summed E-state index contributed by atoms with van der Waals surface area (Å²) in [5.74, 6) is -2.25. The van der Waals surface area contributed by atoms with E-state index in [0.29, 0.717) is 11.3 Å². The van der Waals surface area contributed by atoms with Crippen LogP contribution in [-0.2, 0) is 4.74 Å². The van der Waals surface area contributed by atoms with Gasteiger partial charge in [-0.2, -0.15) is 0 Å². The number of rotatable bonds is 6. The van der Waals surface area contributed by atoms with E-state index in [-0.39, 0.29) is 17.1 Å². The minimum absolute atomic E-state index is 0.00690. The number of furan rings is 1. The Morgan fingerprint density at radius 2 is 1.74 bits per heavy atom. The molecule has 3 aromatic rings. The lowest BCUT2D eigenvalue weighted by atomic mass is 10.1. The van der Waals surface area contributed by atoms with Crippen LogP contribution in [0.25, 0.3) is 11.3 Å². The summed E-state index contributed by atoms with van der Waals surface area (Å²) in [5.41, 5.74) is 0.632. The van der Waals surface area contributed by atoms with Gasteiger partial charge in [0, 0.05) is 11.1 Å². The number of ether oxygens (including phenoxy) is 2. The van der Waals surface area contributed by atoms with Gasteiger partial charge >= 0.3 is 5.97 Å². The number of esters is 1. The average molecular weight is 372 g/mol. The summed E-state index contributed by atoms with van der Waals surface area (Å²) < 4.78 is 41.7. The number of methoxy groups -OCH3 is 1. The molecule has 1 aromatic heterocycles. The highest BCUT2D eigenvalue weighted by Crippen LogP contribution is 2.23. The summed E-state index contributed by atoms with van der Waals surface area (Å²) >= 11 is 0. The third-order valence-electron chi connectivity index (χ3n) is 3.74. The second kappa shape index (κ2) is 7.82. The first-order chi connectivity index (χ1) is 13.0. The number of carbonyl (C=O) groups excluding carboxylic acids is 2. The summed E-state index contributed by atoms with van der Waals surface area (Å²) in [6.45, 7) is -0.572. The number of benzene rings is 2. The topological polar surface area (TPSA) is 65.7 Å². The zero-order valence-corrected chi connectivity index (χ0v) is 14.2. The van der Waals surface area contributed by atoms with Crippen molar-refractivity contribution in [3.63, 3.8) is 0 Å². The Morgan fingerprint density at radius 3 is 2.41 bits per heavy atom. The molecule has 0 amide bonds. The van der Waals surface area contributed by atoms with Crippen molar-refractivity contribution in [1.29, 1.82) is 0 Å². The number of halogens is 2. The second-order valence-electron chi connectivity index (χ2n) is 5.52. The third kappa shape index (κ3) is 4.20. The van der Waals surface area contributed by atoms with Gasteiger partial charge in [0.15, 0.2) is 24.0 Å². The van der Waals surface area contributed by atoms with Crippen molar-refractivity contribution in [2.24, 2.45) is 0 Å². The van der Waals surface area contributed by atoms with E-state index < -0.39 is 30.0 Å². The zero-order valence-electron chi connectivity index (χ0n) is 14.2. The molecule has 0 spiro atoms. The highest BCUT2D eigenvalue weighted by Gasteiger charge is 2.17. The van der Waals surface area contributed by atoms with E-state index >= 15 is 0 Å². The monoisotopic (exact) mass is 372 g/mol. The van der Waals surface area contributed by atoms with E-state index in [1.807, 2.05) is 0 Å². The molecule has 0 bridgehead atoms. The average Bonchev–Trinajstić information content (AvgIpc) is 3.16. The van der Waals surface area contributed by atoms with E-state index in [1.54, 1.807) is 0 Å². The van der Waals surface area contributed by atoms with E-state index in [2.05, 4.69) is 0 Å². The molecule has 5 nitrogen and oxygen atoms in total. The maximum atomic E-state index is 13.6. The molecule has 3 rings (SSSR count). The number of ketones is 1. The first kappa shape index (κ1) is 18.3. The Kier molecular flexibility index (Phi) is 5.30. The Labute approximate surface area is 153 Å². The molecule has 0 fully saturated rings. The SMILES string of the molecule is COc1ccc(C(=O)COC(=O)c2ccc(-c3ccc(F)cc3)o2)cc1F. The highest BCUT2D eigenvalue weighted by molar-refractivity contribution is 5.99. The fourth-order valence-corrected chi connectivity index (χ4v) is 2.34. The summed E-state index contributed by atoms with van der Waals surface area (Å²) in [7, 11) is 1.31. The van der Waals surface area contributed by atoms with Gasteiger partial charge in [0.1, 0.15) is 11.6 Å². The third-order valence-corrected chi connectivity index (χ3v) is 3.74. The normalized spacial score (nSPS) is 10.5. The number of Topliss-reactive ketones (excluding diaryl/α,β-unsaturated/α-hetero) is 1. The molecule has 2 aromatic carbocycles. The van der Waals surface area contributed by atoms with Gasteiger partial charge in [0.05, 0.1) is 7.11 Å². The minimum Gasteiger partial charge on any atom is -0.494 e. The molecule has 0 saturated carbocycles. The van der Waals surface area contributed by atoms with Crippen LogP contribution in [0.4, 0.5) is 8.78 Å². The van der Waals surface area contributed by atoms with Crippen LogP contribution in [0.3, 0.4) is 0 Å². The summed E-state index contributed by atoms with van der Waals surface area (Å²) in [4.78, 5) is 24.1. The minimum atomic E-state index is -0.842. The van der Waals surface area contributed by atoms with E-state index in [0.717, 1.165) is 6.07 Å². The lowest BCUT2D eigenvalue weighted by molar-refractivity contribution is 0.0445. The lowest BCUT2D eigenvalue weighted by Gasteiger charge is -2.05. The molecule has 0 radical (unpaired) electrons. The second-order valence-corrected chi connectivity index (χ2v) is 5.52. The smallest absolute Gasteiger partial charge is 0.374 e. The van der Waals surface area contributed by atoms with Gasteiger partial charge in [0.2, 0.25) is 5.76 Å². The van der Waals surface area contributed by atoms with Crippen LogP contribution in [0.5, 0.6) is 5.75 Å². The van der Waals surface area contributed by atoms with Crippen LogP contribution >= 0.6 is 0 Å². The Hall–Kier alpha value is -3.48. The van der Waals surface area contributed by atoms with Crippen LogP contribution in [0, 0.1) is 11.6 Å². The first-order valence-electron chi connectivity index (χ1n) is 7.87. The van der Waals surface area contributed by atoms with Crippen molar-refractivity contribution in [3.8, 4) is 17.1 Å². The molecular formula is C20H14F2O5. The van der Waals surface area contributed by atoms with Gasteiger partial charge in [-0.25, -0.2) is 13.6 Å². The Morgan fingerprint density at radius 1 is 1.00 bits per heavy atom. The maximum absolute atomic E-state index is 13.6. The van der Waals surface area contributed by atoms with Crippen molar-refractivity contribution in [1.82, 2.24) is 0 Å². The van der Waals surface area contributed by atoms with Gasteiger partial charge in [-0.3, -0.25) is 4.79 Å². The number of hydrogen-bond acceptors (Lipinski definition) is 5. The van der Waals surface area contributed by atoms with Crippen LogP contribution < -0.4 is 4.74 Å². The summed E-state index contributed by atoms with van der Waals surface area (Å²) in [5, 5.41) is 0. The molecule has 0 aliphatic carbocycles. The van der Waals surface area contributed by atoms with E-state index in [1.165, 1.54) is 55.6 Å². The quantitative estimate of drug-likeness (QED) is 0.477. The van der Waals surface area contributed by atoms with Crippen molar-refractivity contribution in [2.75, 3.05) is 13.7 Å². The Balaban J connectivity index is 1.63. The fraction of sp³-hybridized carbons (Fsp3) is 0.100. The largest absolute Gasteiger partial charge is 0.494 e. The molecule has 0 saturated heterocycles. The van der Waals surface area contributed by atoms with Crippen LogP contribution in [0.1, 0.15) is 20.9 Å². The highest BCUT2D eigenvalue weighted by atomic mass is 19.1. The first-order valence-corrected chi connectivity index (χ1v) is 7.87. The molecule has 7 heteroatoms. The van der Waals surface area contributed by atoms with Crippen molar-refractivity contribution >= 4 is 11.8 Å². The fourth-order valence-electron chi connectivity index (χ4n) is 2.34. The van der Waals surface area contributed by atoms with Crippen molar-refractivity contribution in [3.05, 3.63) is 77.6 Å². The molecule has 0 aliphatic rings. The van der Waals surface area contributed by atoms with Gasteiger partial charge in [-0.05, 0) is 54.6 Å². The Bertz CT molecular complexity index is 976. The predicted octanol–water partition coefficient (Wildman–Crippen LogP) is 4.27. The summed E-state index contributed by atoms with van der Waals surface area (Å²) in [6.07, 6.45) is 0. The van der Waals surface area contributed by atoms with Crippen LogP contribution in [0.15, 0.2) is 59.0 Å². The van der Waals surface area contributed by atoms with Crippen molar-refractivity contribution < 1.29 is 32.3 Å². The summed E-state index contributed by atoms with van der Waals surface area (Å²) in [6, 6.07) is 12.2. The predicted molar refractivity (Wildman–Crippen MR) is 91.7 cm³/mol.